The number of nitrogens with zero attached hydrogens (tertiary/aromatic N) is 3. The number of hydrazone groups is 1. The molecule has 29 heavy (non-hydrogen) atoms. The van der Waals surface area contributed by atoms with Crippen LogP contribution in [0, 0.1) is 26.2 Å². The van der Waals surface area contributed by atoms with Crippen molar-refractivity contribution in [2.24, 2.45) is 5.10 Å². The van der Waals surface area contributed by atoms with Crippen molar-refractivity contribution in [1.82, 2.24) is 15.4 Å². The summed E-state index contributed by atoms with van der Waals surface area (Å²) >= 11 is 4.70. The zero-order valence-corrected chi connectivity index (χ0v) is 18.8. The fourth-order valence-corrected chi connectivity index (χ4v) is 3.59. The summed E-state index contributed by atoms with van der Waals surface area (Å²) in [5, 5.41) is 4.56. The Bertz CT molecular complexity index is 924. The molecule has 0 atom stereocenters. The first-order valence-electron chi connectivity index (χ1n) is 8.72. The molecule has 0 saturated heterocycles. The lowest BCUT2D eigenvalue weighted by molar-refractivity contribution is -0.118. The van der Waals surface area contributed by atoms with Crippen LogP contribution in [0.4, 0.5) is 0 Å². The second-order valence-electron chi connectivity index (χ2n) is 5.77. The Labute approximate surface area is 182 Å². The summed E-state index contributed by atoms with van der Waals surface area (Å²) in [4.78, 5) is 20.6. The Hall–Kier alpha value is -2.57. The van der Waals surface area contributed by atoms with Crippen LogP contribution in [0.1, 0.15) is 23.9 Å². The quantitative estimate of drug-likeness (QED) is 0.196. The number of rotatable bonds is 9. The highest BCUT2D eigenvalue weighted by molar-refractivity contribution is 9.10. The summed E-state index contributed by atoms with van der Waals surface area (Å²) in [5.41, 5.74) is 4.94. The lowest BCUT2D eigenvalue weighted by Gasteiger charge is -2.13. The van der Waals surface area contributed by atoms with Crippen molar-refractivity contribution >= 4 is 39.8 Å². The normalized spacial score (nSPS) is 10.6. The van der Waals surface area contributed by atoms with Crippen LogP contribution in [0.3, 0.4) is 0 Å². The van der Waals surface area contributed by atoms with Gasteiger partial charge in [0.25, 0.3) is 5.91 Å². The molecule has 152 valence electrons. The Morgan fingerprint density at radius 1 is 1.31 bits per heavy atom. The molecule has 2 rings (SSSR count). The SMILES string of the molecule is C#CCOc1c(Br)cc(/C=N\NC(=O)CSc2nc(C)cc(C)n2)cc1OCC. The molecule has 1 aromatic carbocycles. The third-order valence-electron chi connectivity index (χ3n) is 3.33. The Morgan fingerprint density at radius 3 is 2.69 bits per heavy atom. The molecule has 0 aliphatic carbocycles. The minimum Gasteiger partial charge on any atom is -0.490 e. The number of terminal acetylenes is 1. The van der Waals surface area contributed by atoms with Gasteiger partial charge >= 0.3 is 0 Å². The summed E-state index contributed by atoms with van der Waals surface area (Å²) in [6.45, 7) is 6.25. The largest absolute Gasteiger partial charge is 0.490 e. The average Bonchev–Trinajstić information content (AvgIpc) is 2.65. The standard InChI is InChI=1S/C20H21BrN4O3S/c1-5-7-28-19-16(21)9-15(10-17(19)27-6-2)11-22-25-18(26)12-29-20-23-13(3)8-14(4)24-20/h1,8-11H,6-7,12H2,2-4H3,(H,25,26)/b22-11-. The van der Waals surface area contributed by atoms with Crippen molar-refractivity contribution in [3.05, 3.63) is 39.6 Å². The van der Waals surface area contributed by atoms with Crippen molar-refractivity contribution in [3.63, 3.8) is 0 Å². The van der Waals surface area contributed by atoms with Crippen molar-refractivity contribution in [2.45, 2.75) is 25.9 Å². The predicted octanol–water partition coefficient (Wildman–Crippen LogP) is 3.51. The number of benzene rings is 1. The number of hydrogen-bond donors (Lipinski definition) is 1. The Balaban J connectivity index is 1.98. The van der Waals surface area contributed by atoms with E-state index < -0.39 is 0 Å². The van der Waals surface area contributed by atoms with Gasteiger partial charge < -0.3 is 9.47 Å². The van der Waals surface area contributed by atoms with Gasteiger partial charge in [-0.25, -0.2) is 15.4 Å². The number of carbonyl (C=O) groups excluding carboxylic acids is 1. The van der Waals surface area contributed by atoms with Gasteiger partial charge in [0, 0.05) is 11.4 Å². The molecule has 1 N–H and O–H groups in total. The van der Waals surface area contributed by atoms with E-state index >= 15 is 0 Å². The first-order chi connectivity index (χ1) is 13.9. The van der Waals surface area contributed by atoms with E-state index in [1.54, 1.807) is 12.1 Å². The van der Waals surface area contributed by atoms with E-state index in [2.05, 4.69) is 42.3 Å². The Kier molecular flexibility index (Phi) is 8.96. The minimum atomic E-state index is -0.257. The molecule has 1 aromatic heterocycles. The molecule has 1 amide bonds. The first kappa shape index (κ1) is 22.7. The van der Waals surface area contributed by atoms with Gasteiger partial charge in [0.15, 0.2) is 16.7 Å². The molecule has 0 aliphatic rings. The van der Waals surface area contributed by atoms with Gasteiger partial charge in [-0.15, -0.1) is 6.42 Å². The molecular weight excluding hydrogens is 456 g/mol. The maximum Gasteiger partial charge on any atom is 0.250 e. The summed E-state index contributed by atoms with van der Waals surface area (Å²) in [6, 6.07) is 5.43. The lowest BCUT2D eigenvalue weighted by atomic mass is 10.2. The van der Waals surface area contributed by atoms with E-state index in [-0.39, 0.29) is 18.3 Å². The number of aryl methyl sites for hydroxylation is 2. The average molecular weight is 477 g/mol. The van der Waals surface area contributed by atoms with Crippen molar-refractivity contribution < 1.29 is 14.3 Å². The summed E-state index contributed by atoms with van der Waals surface area (Å²) in [6.07, 6.45) is 6.77. The number of hydrogen-bond acceptors (Lipinski definition) is 7. The summed E-state index contributed by atoms with van der Waals surface area (Å²) in [5.74, 6) is 3.38. The first-order valence-corrected chi connectivity index (χ1v) is 10.5. The number of thioether (sulfide) groups is 1. The molecule has 0 saturated carbocycles. The van der Waals surface area contributed by atoms with E-state index in [0.717, 1.165) is 17.0 Å². The number of nitrogens with one attached hydrogen (secondary N) is 1. The highest BCUT2D eigenvalue weighted by Crippen LogP contribution is 2.36. The maximum atomic E-state index is 12.0. The number of halogens is 1. The minimum absolute atomic E-state index is 0.129. The molecule has 1 heterocycles. The molecular formula is C20H21BrN4O3S. The van der Waals surface area contributed by atoms with Crippen molar-refractivity contribution in [1.29, 1.82) is 0 Å². The van der Waals surface area contributed by atoms with Gasteiger partial charge in [0.05, 0.1) is 23.0 Å². The van der Waals surface area contributed by atoms with Crippen LogP contribution in [-0.2, 0) is 4.79 Å². The molecule has 0 fully saturated rings. The van der Waals surface area contributed by atoms with E-state index in [0.29, 0.717) is 27.7 Å². The molecule has 0 radical (unpaired) electrons. The monoisotopic (exact) mass is 476 g/mol. The number of amides is 1. The number of aromatic nitrogens is 2. The Morgan fingerprint density at radius 2 is 2.03 bits per heavy atom. The maximum absolute atomic E-state index is 12.0. The van der Waals surface area contributed by atoms with Gasteiger partial charge in [-0.1, -0.05) is 17.7 Å². The van der Waals surface area contributed by atoms with Crippen molar-refractivity contribution in [2.75, 3.05) is 19.0 Å². The lowest BCUT2D eigenvalue weighted by Crippen LogP contribution is -2.19. The molecule has 7 nitrogen and oxygen atoms in total. The van der Waals surface area contributed by atoms with Gasteiger partial charge in [-0.3, -0.25) is 4.79 Å². The van der Waals surface area contributed by atoms with Gasteiger partial charge in [0.1, 0.15) is 6.61 Å². The number of ether oxygens (including phenoxy) is 2. The fraction of sp³-hybridized carbons (Fsp3) is 0.300. The second-order valence-corrected chi connectivity index (χ2v) is 7.57. The van der Waals surface area contributed by atoms with Crippen LogP contribution in [0.25, 0.3) is 0 Å². The van der Waals surface area contributed by atoms with Crippen LogP contribution >= 0.6 is 27.7 Å². The van der Waals surface area contributed by atoms with Gasteiger partial charge in [-0.2, -0.15) is 5.10 Å². The van der Waals surface area contributed by atoms with E-state index in [1.165, 1.54) is 18.0 Å². The van der Waals surface area contributed by atoms with E-state index in [1.807, 2.05) is 26.8 Å². The second kappa shape index (κ2) is 11.4. The highest BCUT2D eigenvalue weighted by Gasteiger charge is 2.11. The summed E-state index contributed by atoms with van der Waals surface area (Å²) in [7, 11) is 0. The molecule has 0 spiro atoms. The third-order valence-corrected chi connectivity index (χ3v) is 4.76. The predicted molar refractivity (Wildman–Crippen MR) is 118 cm³/mol. The number of carbonyl (C=O) groups is 1. The zero-order valence-electron chi connectivity index (χ0n) is 16.4. The van der Waals surface area contributed by atoms with Gasteiger partial charge in [0.2, 0.25) is 0 Å². The molecule has 2 aromatic rings. The van der Waals surface area contributed by atoms with Crippen LogP contribution in [0.15, 0.2) is 32.9 Å². The molecule has 9 heteroatoms. The molecule has 0 aliphatic heterocycles. The van der Waals surface area contributed by atoms with Gasteiger partial charge in [-0.05, 0) is 60.5 Å². The topological polar surface area (TPSA) is 85.7 Å². The molecule has 0 bridgehead atoms. The summed E-state index contributed by atoms with van der Waals surface area (Å²) < 4.78 is 11.8. The van der Waals surface area contributed by atoms with Crippen LogP contribution < -0.4 is 14.9 Å². The van der Waals surface area contributed by atoms with Crippen LogP contribution in [0.2, 0.25) is 0 Å². The smallest absolute Gasteiger partial charge is 0.250 e. The van der Waals surface area contributed by atoms with E-state index in [4.69, 9.17) is 15.9 Å². The third kappa shape index (κ3) is 7.40. The van der Waals surface area contributed by atoms with Crippen LogP contribution in [-0.4, -0.2) is 41.1 Å². The van der Waals surface area contributed by atoms with E-state index in [9.17, 15) is 4.79 Å². The fourth-order valence-electron chi connectivity index (χ4n) is 2.28. The van der Waals surface area contributed by atoms with Crippen LogP contribution in [0.5, 0.6) is 11.5 Å². The molecule has 0 unspecified atom stereocenters. The van der Waals surface area contributed by atoms with Crippen molar-refractivity contribution in [3.8, 4) is 23.8 Å². The highest BCUT2D eigenvalue weighted by atomic mass is 79.9. The zero-order chi connectivity index (χ0) is 21.2.